The minimum atomic E-state index is 0.196. The lowest BCUT2D eigenvalue weighted by Crippen LogP contribution is -1.88. The van der Waals surface area contributed by atoms with Gasteiger partial charge in [-0.05, 0) is 23.7 Å². The van der Waals surface area contributed by atoms with Gasteiger partial charge in [-0.2, -0.15) is 4.98 Å². The van der Waals surface area contributed by atoms with Crippen molar-refractivity contribution < 1.29 is 0 Å². The molecule has 0 bridgehead atoms. The number of rotatable bonds is 2. The summed E-state index contributed by atoms with van der Waals surface area (Å²) in [6.07, 6.45) is 5.04. The number of aromatic nitrogens is 5. The van der Waals surface area contributed by atoms with Gasteiger partial charge in [0.25, 0.3) is 0 Å². The summed E-state index contributed by atoms with van der Waals surface area (Å²) in [4.78, 5) is 20.3. The zero-order valence-electron chi connectivity index (χ0n) is 8.46. The molecule has 3 heterocycles. The molecule has 1 N–H and O–H groups in total. The van der Waals surface area contributed by atoms with Gasteiger partial charge in [0.1, 0.15) is 10.5 Å². The van der Waals surface area contributed by atoms with Crippen LogP contribution in [0, 0.1) is 0 Å². The van der Waals surface area contributed by atoms with E-state index in [2.05, 4.69) is 24.9 Å². The van der Waals surface area contributed by atoms with Crippen molar-refractivity contribution in [3.05, 3.63) is 36.1 Å². The normalized spacial score (nSPS) is 10.9. The molecule has 0 amide bonds. The Morgan fingerprint density at radius 2 is 2.00 bits per heavy atom. The van der Waals surface area contributed by atoms with Gasteiger partial charge < -0.3 is 4.98 Å². The van der Waals surface area contributed by atoms with Crippen molar-refractivity contribution in [1.29, 1.82) is 0 Å². The molecule has 0 fully saturated rings. The Hall–Kier alpha value is -1.66. The van der Waals surface area contributed by atoms with Crippen LogP contribution in [-0.2, 0) is 0 Å². The molecule has 84 valence electrons. The number of aromatic amines is 1. The summed E-state index contributed by atoms with van der Waals surface area (Å²) in [6, 6.07) is 3.81. The summed E-state index contributed by atoms with van der Waals surface area (Å²) in [5.74, 6) is 0. The molecule has 3 aromatic rings. The van der Waals surface area contributed by atoms with E-state index < -0.39 is 0 Å². The quantitative estimate of drug-likeness (QED) is 0.568. The van der Waals surface area contributed by atoms with Gasteiger partial charge in [0, 0.05) is 17.3 Å². The number of imidazole rings is 1. The fourth-order valence-corrected chi connectivity index (χ4v) is 2.45. The van der Waals surface area contributed by atoms with E-state index in [4.69, 9.17) is 11.6 Å². The maximum absolute atomic E-state index is 5.85. The van der Waals surface area contributed by atoms with Crippen molar-refractivity contribution in [2.75, 3.05) is 0 Å². The predicted molar refractivity (Wildman–Crippen MR) is 65.1 cm³/mol. The summed E-state index contributed by atoms with van der Waals surface area (Å²) in [5.41, 5.74) is 1.36. The molecule has 0 unspecified atom stereocenters. The van der Waals surface area contributed by atoms with Crippen molar-refractivity contribution in [1.82, 2.24) is 24.9 Å². The molecule has 0 saturated carbocycles. The molecule has 0 spiro atoms. The highest BCUT2D eigenvalue weighted by Gasteiger charge is 2.10. The maximum Gasteiger partial charge on any atom is 0.225 e. The highest BCUT2D eigenvalue weighted by atomic mass is 35.5. The molecular weight excluding hydrogens is 258 g/mol. The van der Waals surface area contributed by atoms with Crippen LogP contribution in [0.3, 0.4) is 0 Å². The second-order valence-electron chi connectivity index (χ2n) is 3.18. The van der Waals surface area contributed by atoms with Crippen LogP contribution in [0.5, 0.6) is 0 Å². The molecule has 5 nitrogen and oxygen atoms in total. The summed E-state index contributed by atoms with van der Waals surface area (Å²) < 4.78 is 0. The smallest absolute Gasteiger partial charge is 0.225 e. The number of pyridine rings is 1. The second-order valence-corrected chi connectivity index (χ2v) is 4.58. The van der Waals surface area contributed by atoms with Crippen LogP contribution in [0.1, 0.15) is 0 Å². The summed E-state index contributed by atoms with van der Waals surface area (Å²) in [6.45, 7) is 0. The molecule has 7 heteroatoms. The Balaban J connectivity index is 2.08. The average molecular weight is 264 g/mol. The number of fused-ring (bicyclic) bond motifs is 1. The minimum absolute atomic E-state index is 0.196. The molecule has 0 aliphatic heterocycles. The van der Waals surface area contributed by atoms with Gasteiger partial charge in [-0.1, -0.05) is 11.8 Å². The highest BCUT2D eigenvalue weighted by Crippen LogP contribution is 2.30. The zero-order chi connectivity index (χ0) is 11.7. The van der Waals surface area contributed by atoms with Gasteiger partial charge in [0.15, 0.2) is 5.65 Å². The van der Waals surface area contributed by atoms with Crippen molar-refractivity contribution in [2.24, 2.45) is 0 Å². The topological polar surface area (TPSA) is 67.3 Å². The van der Waals surface area contributed by atoms with Crippen LogP contribution in [0.15, 0.2) is 40.8 Å². The van der Waals surface area contributed by atoms with Crippen molar-refractivity contribution >= 4 is 34.5 Å². The Labute approximate surface area is 106 Å². The average Bonchev–Trinajstić information content (AvgIpc) is 2.78. The monoisotopic (exact) mass is 263 g/mol. The number of nitrogens with one attached hydrogen (secondary N) is 1. The van der Waals surface area contributed by atoms with Gasteiger partial charge in [0.05, 0.1) is 6.33 Å². The van der Waals surface area contributed by atoms with Crippen LogP contribution in [0.2, 0.25) is 5.28 Å². The van der Waals surface area contributed by atoms with Crippen molar-refractivity contribution in [3.8, 4) is 0 Å². The van der Waals surface area contributed by atoms with Crippen molar-refractivity contribution in [2.45, 2.75) is 9.92 Å². The third-order valence-corrected chi connectivity index (χ3v) is 3.26. The molecule has 3 rings (SSSR count). The molecule has 0 saturated heterocycles. The van der Waals surface area contributed by atoms with Gasteiger partial charge in [-0.15, -0.1) is 0 Å². The van der Waals surface area contributed by atoms with Crippen LogP contribution < -0.4 is 0 Å². The SMILES string of the molecule is Clc1nc(Sc2ccncc2)c2[nH]cnc2n1. The summed E-state index contributed by atoms with van der Waals surface area (Å²) >= 11 is 7.33. The fourth-order valence-electron chi connectivity index (χ4n) is 1.37. The standard InChI is InChI=1S/C10H6ClN5S/c11-10-15-8-7(13-5-14-8)9(16-10)17-6-1-3-12-4-2-6/h1-5H,(H,13,14,15,16). The van der Waals surface area contributed by atoms with E-state index in [1.807, 2.05) is 12.1 Å². The molecule has 0 aromatic carbocycles. The van der Waals surface area contributed by atoms with Gasteiger partial charge in [0.2, 0.25) is 5.28 Å². The molecule has 0 radical (unpaired) electrons. The second kappa shape index (κ2) is 4.31. The van der Waals surface area contributed by atoms with Gasteiger partial charge in [-0.3, -0.25) is 4.98 Å². The first-order chi connectivity index (χ1) is 8.33. The first-order valence-electron chi connectivity index (χ1n) is 4.77. The van der Waals surface area contributed by atoms with Crippen LogP contribution >= 0.6 is 23.4 Å². The van der Waals surface area contributed by atoms with Crippen LogP contribution in [0.25, 0.3) is 11.2 Å². The van der Waals surface area contributed by atoms with Gasteiger partial charge >= 0.3 is 0 Å². The summed E-state index contributed by atoms with van der Waals surface area (Å²) in [7, 11) is 0. The lowest BCUT2D eigenvalue weighted by atomic mass is 10.5. The molecule has 0 aliphatic carbocycles. The number of nitrogens with zero attached hydrogens (tertiary/aromatic N) is 4. The van der Waals surface area contributed by atoms with E-state index in [1.165, 1.54) is 11.8 Å². The van der Waals surface area contributed by atoms with E-state index in [-0.39, 0.29) is 5.28 Å². The first-order valence-corrected chi connectivity index (χ1v) is 5.97. The molecule has 0 aliphatic rings. The third-order valence-electron chi connectivity index (χ3n) is 2.09. The number of hydrogen-bond donors (Lipinski definition) is 1. The van der Waals surface area contributed by atoms with E-state index in [9.17, 15) is 0 Å². The van der Waals surface area contributed by atoms with Crippen molar-refractivity contribution in [3.63, 3.8) is 0 Å². The number of hydrogen-bond acceptors (Lipinski definition) is 5. The number of halogens is 1. The van der Waals surface area contributed by atoms with Crippen LogP contribution in [-0.4, -0.2) is 24.9 Å². The van der Waals surface area contributed by atoms with E-state index in [0.717, 1.165) is 15.4 Å². The molecular formula is C10H6ClN5S. The van der Waals surface area contributed by atoms with E-state index in [0.29, 0.717) is 5.65 Å². The third kappa shape index (κ3) is 2.09. The van der Waals surface area contributed by atoms with E-state index in [1.54, 1.807) is 18.7 Å². The van der Waals surface area contributed by atoms with Gasteiger partial charge in [-0.25, -0.2) is 9.97 Å². The Kier molecular flexibility index (Phi) is 2.66. The number of H-pyrrole nitrogens is 1. The molecule has 3 aromatic heterocycles. The van der Waals surface area contributed by atoms with Crippen LogP contribution in [0.4, 0.5) is 0 Å². The zero-order valence-corrected chi connectivity index (χ0v) is 10.0. The predicted octanol–water partition coefficient (Wildman–Crippen LogP) is 2.55. The summed E-state index contributed by atoms with van der Waals surface area (Å²) in [5, 5.41) is 0.949. The Morgan fingerprint density at radius 3 is 2.82 bits per heavy atom. The molecule has 17 heavy (non-hydrogen) atoms. The fraction of sp³-hybridized carbons (Fsp3) is 0. The highest BCUT2D eigenvalue weighted by molar-refractivity contribution is 7.99. The lowest BCUT2D eigenvalue weighted by Gasteiger charge is -2.01. The maximum atomic E-state index is 5.85. The lowest BCUT2D eigenvalue weighted by molar-refractivity contribution is 1.08. The Morgan fingerprint density at radius 1 is 1.18 bits per heavy atom. The van der Waals surface area contributed by atoms with E-state index >= 15 is 0 Å². The minimum Gasteiger partial charge on any atom is -0.341 e. The first kappa shape index (κ1) is 10.5. The largest absolute Gasteiger partial charge is 0.341 e. The molecule has 0 atom stereocenters. The Bertz CT molecular complexity index is 654.